The van der Waals surface area contributed by atoms with Gasteiger partial charge in [0.2, 0.25) is 0 Å². The molecule has 0 bridgehead atoms. The highest BCUT2D eigenvalue weighted by Crippen LogP contribution is 2.41. The van der Waals surface area contributed by atoms with Crippen molar-refractivity contribution >= 4 is 59.7 Å². The lowest BCUT2D eigenvalue weighted by Crippen LogP contribution is -2.42. The number of carbonyl (C=O) groups excluding carboxylic acids is 2. The van der Waals surface area contributed by atoms with Gasteiger partial charge in [-0.1, -0.05) is 48.5 Å². The minimum absolute atomic E-state index is 0.0616. The highest BCUT2D eigenvalue weighted by Gasteiger charge is 2.46. The Balaban J connectivity index is 1.18. The molecule has 0 radical (unpaired) electrons. The molecular formula is C62H42O23. The summed E-state index contributed by atoms with van der Waals surface area (Å²) < 4.78 is 29.5. The van der Waals surface area contributed by atoms with E-state index in [1.807, 2.05) is 0 Å². The van der Waals surface area contributed by atoms with Crippen LogP contribution in [0.4, 0.5) is 0 Å². The molecule has 8 N–H and O–H groups in total. The Bertz CT molecular complexity index is 3550. The van der Waals surface area contributed by atoms with Gasteiger partial charge < -0.3 is 64.5 Å². The van der Waals surface area contributed by atoms with Crippen LogP contribution in [0.1, 0.15) is 119 Å². The number of hydrogen-bond donors (Lipinski definition) is 8. The number of esters is 2. The van der Waals surface area contributed by atoms with E-state index in [2.05, 4.69) is 0 Å². The van der Waals surface area contributed by atoms with Crippen LogP contribution in [0, 0.1) is 0 Å². The van der Waals surface area contributed by atoms with Gasteiger partial charge in [0.25, 0.3) is 0 Å². The van der Waals surface area contributed by atoms with Gasteiger partial charge in [-0.05, 0) is 157 Å². The van der Waals surface area contributed by atoms with Gasteiger partial charge in [-0.15, -0.1) is 0 Å². The molecule has 0 spiro atoms. The van der Waals surface area contributed by atoms with Crippen LogP contribution in [-0.2, 0) is 25.2 Å². The van der Waals surface area contributed by atoms with Gasteiger partial charge in [0.05, 0.1) is 44.5 Å². The number of carboxylic acid groups (broad SMARTS) is 8. The second-order valence-corrected chi connectivity index (χ2v) is 18.7. The molecule has 0 amide bonds. The van der Waals surface area contributed by atoms with Crippen LogP contribution in [0.5, 0.6) is 46.0 Å². The minimum Gasteiger partial charge on any atom is -0.478 e. The van der Waals surface area contributed by atoms with E-state index in [-0.39, 0.29) is 68.2 Å². The maximum atomic E-state index is 15.2. The zero-order chi connectivity index (χ0) is 61.7. The van der Waals surface area contributed by atoms with E-state index >= 15 is 9.59 Å². The summed E-state index contributed by atoms with van der Waals surface area (Å²) in [5.41, 5.74) is -7.43. The SMILES string of the molecule is CC(C(=O)OC(=O)C(C)(c1ccc(Oc2ccc(C(=O)O)c(C(=O)O)c2)cc1)c1ccc(Oc2ccc(C(=O)O)c(C(=O)O)c2)cc1)(c1ccc(Oc2ccc(C(=O)O)c(C(=O)O)c2)cc1)c1ccc(Oc2ccc(C(=O)O)c(C(=O)O)c2)cc1. The van der Waals surface area contributed by atoms with Gasteiger partial charge in [0, 0.05) is 0 Å². The zero-order valence-corrected chi connectivity index (χ0v) is 43.9. The normalized spacial score (nSPS) is 11.1. The van der Waals surface area contributed by atoms with Gasteiger partial charge in [-0.25, -0.2) is 38.4 Å². The molecule has 0 atom stereocenters. The summed E-state index contributed by atoms with van der Waals surface area (Å²) in [7, 11) is 0. The molecule has 0 aromatic heterocycles. The first-order chi connectivity index (χ1) is 40.3. The molecule has 0 aliphatic rings. The number of rotatable bonds is 22. The summed E-state index contributed by atoms with van der Waals surface area (Å²) in [6.07, 6.45) is 0. The van der Waals surface area contributed by atoms with Crippen molar-refractivity contribution in [2.45, 2.75) is 24.7 Å². The Labute approximate surface area is 477 Å². The molecule has 0 heterocycles. The molecule has 8 rings (SSSR count). The topological polar surface area (TPSA) is 379 Å². The summed E-state index contributed by atoms with van der Waals surface area (Å²) in [6.45, 7) is 2.85. The Kier molecular flexibility index (Phi) is 16.6. The second kappa shape index (κ2) is 23.9. The molecule has 428 valence electrons. The molecule has 85 heavy (non-hydrogen) atoms. The van der Waals surface area contributed by atoms with Gasteiger partial charge >= 0.3 is 59.7 Å². The van der Waals surface area contributed by atoms with Crippen LogP contribution in [0.25, 0.3) is 0 Å². The maximum Gasteiger partial charge on any atom is 0.336 e. The molecule has 23 nitrogen and oxygen atoms in total. The Hall–Kier alpha value is -12.1. The van der Waals surface area contributed by atoms with Crippen molar-refractivity contribution in [1.29, 1.82) is 0 Å². The third kappa shape index (κ3) is 12.4. The minimum atomic E-state index is -1.95. The van der Waals surface area contributed by atoms with E-state index in [0.29, 0.717) is 0 Å². The highest BCUT2D eigenvalue weighted by atomic mass is 16.6. The summed E-state index contributed by atoms with van der Waals surface area (Å²) in [5.74, 6) is -14.4. The van der Waals surface area contributed by atoms with Crippen molar-refractivity contribution < 1.29 is 112 Å². The Morgan fingerprint density at radius 1 is 0.247 bits per heavy atom. The smallest absolute Gasteiger partial charge is 0.336 e. The predicted octanol–water partition coefficient (Wildman–Crippen LogP) is 10.8. The fourth-order valence-electron chi connectivity index (χ4n) is 8.86. The largest absolute Gasteiger partial charge is 0.478 e. The lowest BCUT2D eigenvalue weighted by atomic mass is 9.75. The van der Waals surface area contributed by atoms with E-state index in [4.69, 9.17) is 23.7 Å². The number of carbonyl (C=O) groups is 10. The third-order valence-electron chi connectivity index (χ3n) is 13.5. The van der Waals surface area contributed by atoms with Crippen LogP contribution < -0.4 is 18.9 Å². The van der Waals surface area contributed by atoms with E-state index in [0.717, 1.165) is 48.5 Å². The summed E-state index contributed by atoms with van der Waals surface area (Å²) in [4.78, 5) is 125. The summed E-state index contributed by atoms with van der Waals surface area (Å²) in [5, 5.41) is 76.8. The van der Waals surface area contributed by atoms with Crippen LogP contribution in [0.15, 0.2) is 170 Å². The number of hydrogen-bond acceptors (Lipinski definition) is 15. The maximum absolute atomic E-state index is 15.2. The van der Waals surface area contributed by atoms with E-state index in [1.54, 1.807) is 0 Å². The quantitative estimate of drug-likeness (QED) is 0.0231. The van der Waals surface area contributed by atoms with Gasteiger partial charge in [-0.3, -0.25) is 9.59 Å². The molecule has 0 unspecified atom stereocenters. The van der Waals surface area contributed by atoms with Gasteiger partial charge in [-0.2, -0.15) is 0 Å². The number of ether oxygens (including phenoxy) is 5. The van der Waals surface area contributed by atoms with Crippen molar-refractivity contribution in [2.24, 2.45) is 0 Å². The first-order valence-electron chi connectivity index (χ1n) is 24.6. The first kappa shape index (κ1) is 59.0. The van der Waals surface area contributed by atoms with Crippen LogP contribution in [0.2, 0.25) is 0 Å². The van der Waals surface area contributed by atoms with Gasteiger partial charge in [0.15, 0.2) is 0 Å². The highest BCUT2D eigenvalue weighted by molar-refractivity contribution is 6.05. The standard InChI is InChI=1S/C62H42O23/c1-61(31-3-11-35(12-4-31)81-39-19-23-43(51(63)64)47(27-39)55(71)72,32-5-13-36(14-6-32)82-40-20-24-44(52(65)66)48(28-40)56(73)74)59(79)85-60(80)62(2,33-7-15-37(16-8-33)83-41-21-25-45(53(67)68)49(29-41)57(75)76)34-9-17-38(18-10-34)84-42-22-26-46(54(69)70)50(30-42)58(77)78/h3-30H,1-2H3,(H,63,64)(H,65,66)(H,67,68)(H,69,70)(H,71,72)(H,73,74)(H,75,76)(H,77,78). The Morgan fingerprint density at radius 3 is 0.576 bits per heavy atom. The van der Waals surface area contributed by atoms with Crippen LogP contribution >= 0.6 is 0 Å². The van der Waals surface area contributed by atoms with Gasteiger partial charge in [0.1, 0.15) is 56.8 Å². The average Bonchev–Trinajstić information content (AvgIpc) is 1.75. The van der Waals surface area contributed by atoms with Crippen LogP contribution in [0.3, 0.4) is 0 Å². The van der Waals surface area contributed by atoms with E-state index < -0.39 is 115 Å². The number of benzene rings is 8. The first-order valence-corrected chi connectivity index (χ1v) is 24.6. The molecule has 0 aliphatic heterocycles. The summed E-state index contributed by atoms with van der Waals surface area (Å²) in [6, 6.07) is 35.9. The third-order valence-corrected chi connectivity index (χ3v) is 13.5. The molecule has 0 saturated heterocycles. The van der Waals surface area contributed by atoms with Crippen molar-refractivity contribution in [3.05, 3.63) is 237 Å². The molecule has 0 aliphatic carbocycles. The average molecular weight is 1150 g/mol. The molecular weight excluding hydrogens is 1110 g/mol. The zero-order valence-electron chi connectivity index (χ0n) is 43.9. The van der Waals surface area contributed by atoms with Crippen molar-refractivity contribution in [2.75, 3.05) is 0 Å². The monoisotopic (exact) mass is 1150 g/mol. The lowest BCUT2D eigenvalue weighted by Gasteiger charge is -2.32. The summed E-state index contributed by atoms with van der Waals surface area (Å²) >= 11 is 0. The molecule has 0 fully saturated rings. The van der Waals surface area contributed by atoms with E-state index in [1.165, 1.54) is 135 Å². The molecule has 0 saturated carbocycles. The fourth-order valence-corrected chi connectivity index (χ4v) is 8.86. The number of aromatic carboxylic acids is 8. The van der Waals surface area contributed by atoms with Crippen molar-refractivity contribution in [1.82, 2.24) is 0 Å². The second-order valence-electron chi connectivity index (χ2n) is 18.7. The van der Waals surface area contributed by atoms with Crippen molar-refractivity contribution in [3.63, 3.8) is 0 Å². The van der Waals surface area contributed by atoms with Crippen molar-refractivity contribution in [3.8, 4) is 46.0 Å². The fraction of sp³-hybridized carbons (Fsp3) is 0.0645. The van der Waals surface area contributed by atoms with Crippen LogP contribution in [-0.4, -0.2) is 101 Å². The predicted molar refractivity (Wildman–Crippen MR) is 292 cm³/mol. The lowest BCUT2D eigenvalue weighted by molar-refractivity contribution is -0.165. The molecule has 23 heteroatoms. The Morgan fingerprint density at radius 2 is 0.412 bits per heavy atom. The molecule has 8 aromatic rings. The molecule has 8 aromatic carbocycles. The number of carboxylic acids is 8. The van der Waals surface area contributed by atoms with E-state index in [9.17, 15) is 79.2 Å².